The van der Waals surface area contributed by atoms with Crippen LogP contribution in [0.25, 0.3) is 0 Å². The van der Waals surface area contributed by atoms with Gasteiger partial charge in [-0.15, -0.1) is 0 Å². The quantitative estimate of drug-likeness (QED) is 0.733. The summed E-state index contributed by atoms with van der Waals surface area (Å²) in [6.07, 6.45) is 0.0542. The number of aryl methyl sites for hydroxylation is 1. The van der Waals surface area contributed by atoms with E-state index in [2.05, 4.69) is 10.6 Å². The van der Waals surface area contributed by atoms with E-state index in [1.807, 2.05) is 25.1 Å². The first-order valence-electron chi connectivity index (χ1n) is 6.43. The Hall–Kier alpha value is -1.59. The minimum Gasteiger partial charge on any atom is -0.496 e. The van der Waals surface area contributed by atoms with E-state index in [1.165, 1.54) is 0 Å². The molecule has 0 aromatic heterocycles. The van der Waals surface area contributed by atoms with Gasteiger partial charge in [-0.05, 0) is 30.5 Å². The molecule has 0 radical (unpaired) electrons. The van der Waals surface area contributed by atoms with Gasteiger partial charge in [-0.1, -0.05) is 12.1 Å². The molecule has 1 aliphatic heterocycles. The summed E-state index contributed by atoms with van der Waals surface area (Å²) in [6, 6.07) is 5.57. The van der Waals surface area contributed by atoms with Crippen molar-refractivity contribution in [2.24, 2.45) is 0 Å². The van der Waals surface area contributed by atoms with Crippen LogP contribution in [0.5, 0.6) is 5.75 Å². The average Bonchev–Trinajstić information content (AvgIpc) is 2.84. The van der Waals surface area contributed by atoms with E-state index in [9.17, 15) is 9.90 Å². The van der Waals surface area contributed by atoms with Gasteiger partial charge in [0.2, 0.25) is 5.91 Å². The summed E-state index contributed by atoms with van der Waals surface area (Å²) in [4.78, 5) is 11.9. The number of β-amino-alcohol motifs (C(OH)–C–C–N with tert-alkyl or cyclic N) is 1. The summed E-state index contributed by atoms with van der Waals surface area (Å²) in [5, 5.41) is 15.2. The van der Waals surface area contributed by atoms with Crippen molar-refractivity contribution in [1.29, 1.82) is 0 Å². The van der Waals surface area contributed by atoms with Crippen LogP contribution in [-0.2, 0) is 11.3 Å². The maximum Gasteiger partial charge on any atom is 0.237 e. The predicted molar refractivity (Wildman–Crippen MR) is 72.0 cm³/mol. The monoisotopic (exact) mass is 264 g/mol. The Morgan fingerprint density at radius 3 is 3.00 bits per heavy atom. The highest BCUT2D eigenvalue weighted by molar-refractivity contribution is 5.82. The number of aliphatic hydroxyl groups excluding tert-OH is 1. The van der Waals surface area contributed by atoms with Crippen molar-refractivity contribution in [2.45, 2.75) is 32.0 Å². The van der Waals surface area contributed by atoms with E-state index in [-0.39, 0.29) is 11.9 Å². The van der Waals surface area contributed by atoms with Gasteiger partial charge in [0.1, 0.15) is 5.75 Å². The van der Waals surface area contributed by atoms with Crippen molar-refractivity contribution in [3.05, 3.63) is 29.3 Å². The smallest absolute Gasteiger partial charge is 0.237 e. The highest BCUT2D eigenvalue weighted by Crippen LogP contribution is 2.18. The summed E-state index contributed by atoms with van der Waals surface area (Å²) >= 11 is 0. The number of aliphatic hydroxyl groups is 1. The molecule has 3 N–H and O–H groups in total. The number of rotatable bonds is 4. The molecular formula is C14H20N2O3. The van der Waals surface area contributed by atoms with Crippen LogP contribution in [0.2, 0.25) is 0 Å². The fourth-order valence-corrected chi connectivity index (χ4v) is 2.20. The van der Waals surface area contributed by atoms with Crippen LogP contribution in [0.15, 0.2) is 18.2 Å². The molecule has 5 nitrogen and oxygen atoms in total. The number of carbonyl (C=O) groups excluding carboxylic acids is 1. The fourth-order valence-electron chi connectivity index (χ4n) is 2.20. The van der Waals surface area contributed by atoms with E-state index in [0.717, 1.165) is 16.9 Å². The molecule has 1 saturated heterocycles. The standard InChI is InChI=1S/C14H20N2O3/c1-9-3-4-10(5-13(9)19-2)7-16-14(18)12-6-11(17)8-15-12/h3-5,11-12,15,17H,6-8H2,1-2H3,(H,16,18)/t11-,12+/m0/s1. The molecule has 5 heteroatoms. The van der Waals surface area contributed by atoms with Gasteiger partial charge in [0.15, 0.2) is 0 Å². The van der Waals surface area contributed by atoms with Gasteiger partial charge < -0.3 is 20.5 Å². The normalized spacial score (nSPS) is 22.3. The van der Waals surface area contributed by atoms with E-state index in [1.54, 1.807) is 7.11 Å². The van der Waals surface area contributed by atoms with Gasteiger partial charge >= 0.3 is 0 Å². The summed E-state index contributed by atoms with van der Waals surface area (Å²) in [6.45, 7) is 2.92. The van der Waals surface area contributed by atoms with Crippen LogP contribution in [0, 0.1) is 6.92 Å². The first-order chi connectivity index (χ1) is 9.10. The third-order valence-electron chi connectivity index (χ3n) is 3.36. The second-order valence-electron chi connectivity index (χ2n) is 4.87. The molecule has 2 atom stereocenters. The number of nitrogens with one attached hydrogen (secondary N) is 2. The Bertz CT molecular complexity index is 462. The molecule has 0 saturated carbocycles. The number of hydrogen-bond acceptors (Lipinski definition) is 4. The number of methoxy groups -OCH3 is 1. The lowest BCUT2D eigenvalue weighted by Crippen LogP contribution is -2.40. The number of benzene rings is 1. The molecule has 1 fully saturated rings. The number of ether oxygens (including phenoxy) is 1. The molecule has 1 aliphatic rings. The molecular weight excluding hydrogens is 244 g/mol. The van der Waals surface area contributed by atoms with Crippen molar-refractivity contribution >= 4 is 5.91 Å². The van der Waals surface area contributed by atoms with Gasteiger partial charge in [0.05, 0.1) is 19.3 Å². The first kappa shape index (κ1) is 13.8. The summed E-state index contributed by atoms with van der Waals surface area (Å²) in [5.41, 5.74) is 2.06. The number of hydrogen-bond donors (Lipinski definition) is 3. The van der Waals surface area contributed by atoms with Crippen LogP contribution in [0.4, 0.5) is 0 Å². The van der Waals surface area contributed by atoms with Crippen molar-refractivity contribution in [1.82, 2.24) is 10.6 Å². The van der Waals surface area contributed by atoms with Crippen LogP contribution in [-0.4, -0.2) is 36.8 Å². The van der Waals surface area contributed by atoms with Crippen LogP contribution in [0.1, 0.15) is 17.5 Å². The number of amides is 1. The lowest BCUT2D eigenvalue weighted by atomic mass is 10.1. The fraction of sp³-hybridized carbons (Fsp3) is 0.500. The molecule has 104 valence electrons. The van der Waals surface area contributed by atoms with Gasteiger partial charge in [0.25, 0.3) is 0 Å². The van der Waals surface area contributed by atoms with Gasteiger partial charge in [-0.3, -0.25) is 4.79 Å². The Morgan fingerprint density at radius 2 is 2.37 bits per heavy atom. The van der Waals surface area contributed by atoms with E-state index < -0.39 is 6.10 Å². The lowest BCUT2D eigenvalue weighted by Gasteiger charge is -2.12. The predicted octanol–water partition coefficient (Wildman–Crippen LogP) is 0.343. The van der Waals surface area contributed by atoms with E-state index in [0.29, 0.717) is 19.5 Å². The SMILES string of the molecule is COc1cc(CNC(=O)[C@H]2C[C@H](O)CN2)ccc1C. The van der Waals surface area contributed by atoms with E-state index >= 15 is 0 Å². The topological polar surface area (TPSA) is 70.6 Å². The summed E-state index contributed by atoms with van der Waals surface area (Å²) in [5.74, 6) is 0.747. The Balaban J connectivity index is 1.90. The van der Waals surface area contributed by atoms with Crippen molar-refractivity contribution < 1.29 is 14.6 Å². The third kappa shape index (κ3) is 3.45. The molecule has 19 heavy (non-hydrogen) atoms. The van der Waals surface area contributed by atoms with Crippen molar-refractivity contribution in [3.63, 3.8) is 0 Å². The second kappa shape index (κ2) is 6.04. The molecule has 0 unspecified atom stereocenters. The maximum atomic E-state index is 11.9. The zero-order valence-electron chi connectivity index (χ0n) is 11.3. The zero-order chi connectivity index (χ0) is 13.8. The first-order valence-corrected chi connectivity index (χ1v) is 6.43. The molecule has 0 bridgehead atoms. The average molecular weight is 264 g/mol. The molecule has 0 spiro atoms. The van der Waals surface area contributed by atoms with Crippen molar-refractivity contribution in [3.8, 4) is 5.75 Å². The minimum atomic E-state index is -0.421. The molecule has 0 aliphatic carbocycles. The largest absolute Gasteiger partial charge is 0.496 e. The van der Waals surface area contributed by atoms with Crippen LogP contribution < -0.4 is 15.4 Å². The molecule has 1 amide bonds. The molecule has 1 aromatic carbocycles. The lowest BCUT2D eigenvalue weighted by molar-refractivity contribution is -0.123. The third-order valence-corrected chi connectivity index (χ3v) is 3.36. The molecule has 1 aromatic rings. The summed E-state index contributed by atoms with van der Waals surface area (Å²) < 4.78 is 5.25. The molecule has 1 heterocycles. The zero-order valence-corrected chi connectivity index (χ0v) is 11.3. The second-order valence-corrected chi connectivity index (χ2v) is 4.87. The maximum absolute atomic E-state index is 11.9. The van der Waals surface area contributed by atoms with Crippen molar-refractivity contribution in [2.75, 3.05) is 13.7 Å². The van der Waals surface area contributed by atoms with Gasteiger partial charge in [-0.25, -0.2) is 0 Å². The van der Waals surface area contributed by atoms with Gasteiger partial charge in [0, 0.05) is 13.1 Å². The Morgan fingerprint density at radius 1 is 1.58 bits per heavy atom. The Labute approximate surface area is 113 Å². The van der Waals surface area contributed by atoms with Gasteiger partial charge in [-0.2, -0.15) is 0 Å². The Kier molecular flexibility index (Phi) is 4.39. The van der Waals surface area contributed by atoms with Crippen LogP contribution >= 0.6 is 0 Å². The number of carbonyl (C=O) groups is 1. The molecule has 2 rings (SSSR count). The minimum absolute atomic E-state index is 0.0731. The van der Waals surface area contributed by atoms with E-state index in [4.69, 9.17) is 4.74 Å². The highest BCUT2D eigenvalue weighted by Gasteiger charge is 2.27. The summed E-state index contributed by atoms with van der Waals surface area (Å²) in [7, 11) is 1.63. The highest BCUT2D eigenvalue weighted by atomic mass is 16.5. The van der Waals surface area contributed by atoms with Crippen LogP contribution in [0.3, 0.4) is 0 Å².